The summed E-state index contributed by atoms with van der Waals surface area (Å²) in [6.07, 6.45) is 2.20. The topological polar surface area (TPSA) is 49.3 Å². The lowest BCUT2D eigenvalue weighted by Gasteiger charge is -2.19. The van der Waals surface area contributed by atoms with Crippen molar-refractivity contribution < 1.29 is 14.3 Å². The predicted molar refractivity (Wildman–Crippen MR) is 78.8 cm³/mol. The lowest BCUT2D eigenvalue weighted by Crippen LogP contribution is -2.21. The van der Waals surface area contributed by atoms with Crippen LogP contribution in [0.3, 0.4) is 0 Å². The molecule has 3 nitrogen and oxygen atoms in total. The van der Waals surface area contributed by atoms with Crippen LogP contribution in [0.15, 0.2) is 48.5 Å². The van der Waals surface area contributed by atoms with E-state index in [2.05, 4.69) is 5.32 Å². The minimum Gasteiger partial charge on any atom is -0.479 e. The number of benzene rings is 2. The molecule has 0 amide bonds. The Bertz CT molecular complexity index is 667. The third-order valence-electron chi connectivity index (χ3n) is 3.71. The zero-order chi connectivity index (χ0) is 14.8. The fourth-order valence-electron chi connectivity index (χ4n) is 2.56. The van der Waals surface area contributed by atoms with Crippen molar-refractivity contribution in [1.29, 1.82) is 0 Å². The van der Waals surface area contributed by atoms with Crippen LogP contribution in [0, 0.1) is 5.82 Å². The summed E-state index contributed by atoms with van der Waals surface area (Å²) in [5.41, 5.74) is 2.30. The number of hydrogen-bond donors (Lipinski definition) is 2. The van der Waals surface area contributed by atoms with Crippen molar-refractivity contribution >= 4 is 11.7 Å². The van der Waals surface area contributed by atoms with Gasteiger partial charge in [0.2, 0.25) is 0 Å². The molecular formula is C17H16FNO2. The number of carbonyl (C=O) groups is 1. The van der Waals surface area contributed by atoms with Crippen LogP contribution in [0.2, 0.25) is 0 Å². The number of anilines is 1. The Balaban J connectivity index is 1.93. The van der Waals surface area contributed by atoms with Crippen molar-refractivity contribution in [2.45, 2.75) is 24.8 Å². The molecule has 0 bridgehead atoms. The van der Waals surface area contributed by atoms with E-state index in [0.717, 1.165) is 24.0 Å². The van der Waals surface area contributed by atoms with Gasteiger partial charge in [0, 0.05) is 5.69 Å². The van der Waals surface area contributed by atoms with Gasteiger partial charge in [-0.2, -0.15) is 0 Å². The first-order chi connectivity index (χ1) is 10.1. The Labute approximate surface area is 122 Å². The predicted octanol–water partition coefficient (Wildman–Crippen LogP) is 3.94. The molecule has 1 unspecified atom stereocenters. The van der Waals surface area contributed by atoms with Gasteiger partial charge in [0.05, 0.1) is 0 Å². The number of carboxylic acid groups (broad SMARTS) is 1. The van der Waals surface area contributed by atoms with E-state index < -0.39 is 12.0 Å². The molecule has 2 aromatic carbocycles. The van der Waals surface area contributed by atoms with E-state index in [9.17, 15) is 14.3 Å². The summed E-state index contributed by atoms with van der Waals surface area (Å²) in [7, 11) is 0. The quantitative estimate of drug-likeness (QED) is 0.874. The van der Waals surface area contributed by atoms with Crippen LogP contribution in [0.25, 0.3) is 0 Å². The summed E-state index contributed by atoms with van der Waals surface area (Å²) in [6, 6.07) is 12.6. The molecule has 0 aromatic heterocycles. The van der Waals surface area contributed by atoms with Gasteiger partial charge in [-0.1, -0.05) is 30.3 Å². The molecule has 3 rings (SSSR count). The second-order valence-corrected chi connectivity index (χ2v) is 5.33. The average molecular weight is 285 g/mol. The Morgan fingerprint density at radius 1 is 1.19 bits per heavy atom. The standard InChI is InChI=1S/C17H16FNO2/c18-12-4-3-5-13(10-12)19-16(17(20)21)15-7-2-1-6-14(15)11-8-9-11/h1-7,10-11,16,19H,8-9H2,(H,20,21). The SMILES string of the molecule is O=C(O)C(Nc1cccc(F)c1)c1ccccc1C1CC1. The first-order valence-corrected chi connectivity index (χ1v) is 6.99. The molecule has 1 saturated carbocycles. The van der Waals surface area contributed by atoms with Gasteiger partial charge in [-0.25, -0.2) is 9.18 Å². The summed E-state index contributed by atoms with van der Waals surface area (Å²) in [6.45, 7) is 0. The molecule has 1 fully saturated rings. The van der Waals surface area contributed by atoms with Gasteiger partial charge >= 0.3 is 5.97 Å². The highest BCUT2D eigenvalue weighted by atomic mass is 19.1. The Hall–Kier alpha value is -2.36. The molecule has 4 heteroatoms. The van der Waals surface area contributed by atoms with Crippen LogP contribution in [0.1, 0.15) is 35.9 Å². The van der Waals surface area contributed by atoms with E-state index in [4.69, 9.17) is 0 Å². The fraction of sp³-hybridized carbons (Fsp3) is 0.235. The van der Waals surface area contributed by atoms with Crippen LogP contribution in [-0.4, -0.2) is 11.1 Å². The largest absolute Gasteiger partial charge is 0.479 e. The Morgan fingerprint density at radius 3 is 2.62 bits per heavy atom. The average Bonchev–Trinajstić information content (AvgIpc) is 3.29. The highest BCUT2D eigenvalue weighted by Gasteiger charge is 2.30. The highest BCUT2D eigenvalue weighted by molar-refractivity contribution is 5.80. The molecule has 108 valence electrons. The molecule has 1 aliphatic carbocycles. The zero-order valence-corrected chi connectivity index (χ0v) is 11.4. The monoisotopic (exact) mass is 285 g/mol. The Kier molecular flexibility index (Phi) is 3.60. The molecule has 21 heavy (non-hydrogen) atoms. The lowest BCUT2D eigenvalue weighted by molar-refractivity contribution is -0.138. The third-order valence-corrected chi connectivity index (χ3v) is 3.71. The summed E-state index contributed by atoms with van der Waals surface area (Å²) in [5, 5.41) is 12.4. The maximum absolute atomic E-state index is 13.3. The van der Waals surface area contributed by atoms with E-state index in [1.807, 2.05) is 24.3 Å². The van der Waals surface area contributed by atoms with Crippen LogP contribution in [0.5, 0.6) is 0 Å². The van der Waals surface area contributed by atoms with Gasteiger partial charge in [0.1, 0.15) is 5.82 Å². The third kappa shape index (κ3) is 3.05. The van der Waals surface area contributed by atoms with Crippen molar-refractivity contribution in [3.8, 4) is 0 Å². The van der Waals surface area contributed by atoms with Gasteiger partial charge in [-0.05, 0) is 48.1 Å². The molecule has 0 spiro atoms. The maximum atomic E-state index is 13.3. The molecule has 0 radical (unpaired) electrons. The summed E-state index contributed by atoms with van der Waals surface area (Å²) in [4.78, 5) is 11.6. The van der Waals surface area contributed by atoms with Gasteiger partial charge in [-0.15, -0.1) is 0 Å². The molecule has 0 heterocycles. The van der Waals surface area contributed by atoms with E-state index in [1.165, 1.54) is 12.1 Å². The van der Waals surface area contributed by atoms with Gasteiger partial charge in [0.25, 0.3) is 0 Å². The van der Waals surface area contributed by atoms with E-state index in [-0.39, 0.29) is 5.82 Å². The first kappa shape index (κ1) is 13.6. The fourth-order valence-corrected chi connectivity index (χ4v) is 2.56. The van der Waals surface area contributed by atoms with Gasteiger partial charge in [-0.3, -0.25) is 0 Å². The minimum absolute atomic E-state index is 0.389. The van der Waals surface area contributed by atoms with E-state index in [1.54, 1.807) is 12.1 Å². The van der Waals surface area contributed by atoms with E-state index >= 15 is 0 Å². The number of nitrogens with one attached hydrogen (secondary N) is 1. The number of hydrogen-bond acceptors (Lipinski definition) is 2. The molecule has 1 aliphatic rings. The molecular weight excluding hydrogens is 269 g/mol. The second-order valence-electron chi connectivity index (χ2n) is 5.33. The van der Waals surface area contributed by atoms with Gasteiger partial charge < -0.3 is 10.4 Å². The number of carboxylic acids is 1. The van der Waals surface area contributed by atoms with Crippen LogP contribution < -0.4 is 5.32 Å². The van der Waals surface area contributed by atoms with Crippen molar-refractivity contribution in [2.75, 3.05) is 5.32 Å². The van der Waals surface area contributed by atoms with Gasteiger partial charge in [0.15, 0.2) is 6.04 Å². The smallest absolute Gasteiger partial charge is 0.330 e. The molecule has 1 atom stereocenters. The molecule has 0 aliphatic heterocycles. The second kappa shape index (κ2) is 5.56. The number of aliphatic carboxylic acids is 1. The molecule has 2 N–H and O–H groups in total. The van der Waals surface area contributed by atoms with Crippen LogP contribution in [0.4, 0.5) is 10.1 Å². The van der Waals surface area contributed by atoms with Crippen LogP contribution in [-0.2, 0) is 4.79 Å². The summed E-state index contributed by atoms with van der Waals surface area (Å²) in [5.74, 6) is -0.899. The van der Waals surface area contributed by atoms with Crippen molar-refractivity contribution in [3.63, 3.8) is 0 Å². The molecule has 0 saturated heterocycles. The van der Waals surface area contributed by atoms with Crippen molar-refractivity contribution in [1.82, 2.24) is 0 Å². The Morgan fingerprint density at radius 2 is 1.95 bits per heavy atom. The van der Waals surface area contributed by atoms with Crippen LogP contribution >= 0.6 is 0 Å². The number of halogens is 1. The van der Waals surface area contributed by atoms with Crippen molar-refractivity contribution in [3.05, 3.63) is 65.5 Å². The minimum atomic E-state index is -0.965. The normalized spacial score (nSPS) is 15.5. The lowest BCUT2D eigenvalue weighted by atomic mass is 9.97. The number of rotatable bonds is 5. The zero-order valence-electron chi connectivity index (χ0n) is 11.4. The summed E-state index contributed by atoms with van der Waals surface area (Å²) < 4.78 is 13.3. The van der Waals surface area contributed by atoms with Crippen molar-refractivity contribution in [2.24, 2.45) is 0 Å². The van der Waals surface area contributed by atoms with E-state index in [0.29, 0.717) is 11.6 Å². The first-order valence-electron chi connectivity index (χ1n) is 6.99. The maximum Gasteiger partial charge on any atom is 0.330 e. The summed E-state index contributed by atoms with van der Waals surface area (Å²) >= 11 is 0. The highest BCUT2D eigenvalue weighted by Crippen LogP contribution is 2.43. The molecule has 2 aromatic rings.